The van der Waals surface area contributed by atoms with Gasteiger partial charge in [-0.05, 0) is 13.8 Å². The molecule has 0 aromatic carbocycles. The van der Waals surface area contributed by atoms with E-state index in [2.05, 4.69) is 0 Å². The fourth-order valence-electron chi connectivity index (χ4n) is 1.05. The lowest BCUT2D eigenvalue weighted by Crippen LogP contribution is -2.51. The van der Waals surface area contributed by atoms with Crippen LogP contribution in [0.3, 0.4) is 0 Å². The van der Waals surface area contributed by atoms with E-state index in [4.69, 9.17) is 4.55 Å². The monoisotopic (exact) mass is 226 g/mol. The lowest BCUT2D eigenvalue weighted by atomic mass is 10.2. The van der Waals surface area contributed by atoms with E-state index in [1.165, 1.54) is 0 Å². The quantitative estimate of drug-likeness (QED) is 0.499. The topological polar surface area (TPSA) is 74.6 Å². The highest BCUT2D eigenvalue weighted by Crippen LogP contribution is 2.07. The van der Waals surface area contributed by atoms with Gasteiger partial charge in [-0.15, -0.1) is 0 Å². The van der Waals surface area contributed by atoms with Gasteiger partial charge in [-0.25, -0.2) is 0 Å². The smallest absolute Gasteiger partial charge is 0.267 e. The van der Waals surface area contributed by atoms with Crippen molar-refractivity contribution in [3.05, 3.63) is 0 Å². The number of aliphatic hydroxyl groups excluding tert-OH is 1. The van der Waals surface area contributed by atoms with Crippen LogP contribution in [-0.4, -0.2) is 61.1 Å². The second-order valence-corrected chi connectivity index (χ2v) is 5.95. The van der Waals surface area contributed by atoms with Crippen LogP contribution in [0.1, 0.15) is 13.8 Å². The highest BCUT2D eigenvalue weighted by atomic mass is 32.2. The first-order chi connectivity index (χ1) is 6.04. The molecule has 0 amide bonds. The molecule has 0 aliphatic heterocycles. The average molecular weight is 226 g/mol. The molecule has 1 atom stereocenters. The molecule has 6 heteroatoms. The van der Waals surface area contributed by atoms with Gasteiger partial charge in [0.25, 0.3) is 10.1 Å². The Hall–Kier alpha value is -0.170. The van der Waals surface area contributed by atoms with Gasteiger partial charge in [0.1, 0.15) is 18.4 Å². The molecule has 0 heterocycles. The van der Waals surface area contributed by atoms with Crippen LogP contribution >= 0.6 is 0 Å². The van der Waals surface area contributed by atoms with Crippen LogP contribution in [-0.2, 0) is 10.1 Å². The Morgan fingerprint density at radius 1 is 1.29 bits per heavy atom. The van der Waals surface area contributed by atoms with Crippen LogP contribution in [0.5, 0.6) is 0 Å². The van der Waals surface area contributed by atoms with E-state index in [0.717, 1.165) is 0 Å². The predicted molar refractivity (Wildman–Crippen MR) is 54.5 cm³/mol. The van der Waals surface area contributed by atoms with E-state index in [0.29, 0.717) is 11.0 Å². The molecule has 14 heavy (non-hydrogen) atoms. The lowest BCUT2D eigenvalue weighted by Gasteiger charge is -2.35. The molecule has 0 rings (SSSR count). The van der Waals surface area contributed by atoms with Crippen LogP contribution in [0.15, 0.2) is 0 Å². The first-order valence-corrected chi connectivity index (χ1v) is 6.11. The molecule has 2 N–H and O–H groups in total. The van der Waals surface area contributed by atoms with Gasteiger partial charge < -0.3 is 9.59 Å². The SMILES string of the molecule is CC(C)[N+](C)(C)CC(O)CS(=O)(=O)O. The van der Waals surface area contributed by atoms with Gasteiger partial charge in [-0.1, -0.05) is 0 Å². The fourth-order valence-corrected chi connectivity index (χ4v) is 1.64. The highest BCUT2D eigenvalue weighted by molar-refractivity contribution is 7.85. The predicted octanol–water partition coefficient (Wildman–Crippen LogP) is -0.280. The molecule has 0 spiro atoms. The molecule has 0 radical (unpaired) electrons. The molecule has 0 aromatic rings. The highest BCUT2D eigenvalue weighted by Gasteiger charge is 2.26. The molecular formula is C8H20NO4S+. The number of quaternary nitrogens is 1. The summed E-state index contributed by atoms with van der Waals surface area (Å²) in [7, 11) is -0.280. The van der Waals surface area contributed by atoms with Crippen molar-refractivity contribution in [3.63, 3.8) is 0 Å². The molecule has 0 aromatic heterocycles. The van der Waals surface area contributed by atoms with Crippen molar-refractivity contribution in [2.24, 2.45) is 0 Å². The van der Waals surface area contributed by atoms with Crippen molar-refractivity contribution in [2.45, 2.75) is 26.0 Å². The molecule has 1 unspecified atom stereocenters. The fraction of sp³-hybridized carbons (Fsp3) is 1.00. The Kier molecular flexibility index (Phi) is 4.51. The first-order valence-electron chi connectivity index (χ1n) is 4.50. The van der Waals surface area contributed by atoms with E-state index in [1.807, 2.05) is 27.9 Å². The third-order valence-corrected chi connectivity index (χ3v) is 3.29. The Bertz CT molecular complexity index is 271. The number of likely N-dealkylation sites (N-methyl/N-ethyl adjacent to an activating group) is 1. The van der Waals surface area contributed by atoms with Crippen molar-refractivity contribution < 1.29 is 22.6 Å². The number of aliphatic hydroxyl groups is 1. The van der Waals surface area contributed by atoms with Crippen LogP contribution in [0.25, 0.3) is 0 Å². The van der Waals surface area contributed by atoms with E-state index >= 15 is 0 Å². The van der Waals surface area contributed by atoms with Crippen LogP contribution < -0.4 is 0 Å². The van der Waals surface area contributed by atoms with Crippen LogP contribution in [0.4, 0.5) is 0 Å². The molecule has 5 nitrogen and oxygen atoms in total. The van der Waals surface area contributed by atoms with Crippen molar-refractivity contribution in [2.75, 3.05) is 26.4 Å². The molecule has 0 bridgehead atoms. The third-order valence-electron chi connectivity index (χ3n) is 2.48. The van der Waals surface area contributed by atoms with Gasteiger partial charge in [-0.2, -0.15) is 8.42 Å². The largest absolute Gasteiger partial charge is 0.386 e. The second kappa shape index (κ2) is 4.57. The normalized spacial score (nSPS) is 15.9. The van der Waals surface area contributed by atoms with Crippen LogP contribution in [0.2, 0.25) is 0 Å². The molecule has 0 aliphatic rings. The minimum atomic E-state index is -4.08. The zero-order chi connectivity index (χ0) is 11.6. The zero-order valence-corrected chi connectivity index (χ0v) is 9.95. The van der Waals surface area contributed by atoms with Gasteiger partial charge in [0, 0.05) is 0 Å². The summed E-state index contributed by atoms with van der Waals surface area (Å²) in [6.07, 6.45) is -1.03. The summed E-state index contributed by atoms with van der Waals surface area (Å²) in [6, 6.07) is 0.283. The Labute approximate surface area is 85.7 Å². The van der Waals surface area contributed by atoms with Crippen molar-refractivity contribution in [3.8, 4) is 0 Å². The van der Waals surface area contributed by atoms with Crippen molar-refractivity contribution in [1.82, 2.24) is 0 Å². The van der Waals surface area contributed by atoms with Gasteiger partial charge in [-0.3, -0.25) is 4.55 Å². The summed E-state index contributed by atoms with van der Waals surface area (Å²) in [5.74, 6) is -0.596. The molecule has 86 valence electrons. The lowest BCUT2D eigenvalue weighted by molar-refractivity contribution is -0.913. The molecule has 0 saturated heterocycles. The number of hydrogen-bond donors (Lipinski definition) is 2. The Balaban J connectivity index is 4.26. The first kappa shape index (κ1) is 13.8. The summed E-state index contributed by atoms with van der Waals surface area (Å²) < 4.78 is 30.0. The Morgan fingerprint density at radius 3 is 2.00 bits per heavy atom. The maximum atomic E-state index is 10.5. The standard InChI is InChI=1S/C8H19NO4S/c1-7(2)9(3,4)5-8(10)6-14(11,12)13/h7-8,10H,5-6H2,1-4H3/p+1. The summed E-state index contributed by atoms with van der Waals surface area (Å²) in [6.45, 7) is 4.28. The maximum Gasteiger partial charge on any atom is 0.267 e. The maximum absolute atomic E-state index is 10.5. The zero-order valence-electron chi connectivity index (χ0n) is 9.14. The minimum absolute atomic E-state index is 0.283. The summed E-state index contributed by atoms with van der Waals surface area (Å²) in [5.41, 5.74) is 0. The summed E-state index contributed by atoms with van der Waals surface area (Å²) in [5, 5.41) is 9.41. The molecular weight excluding hydrogens is 206 g/mol. The minimum Gasteiger partial charge on any atom is -0.386 e. The van der Waals surface area contributed by atoms with E-state index in [9.17, 15) is 13.5 Å². The molecule has 0 saturated carbocycles. The average Bonchev–Trinajstić information content (AvgIpc) is 1.79. The summed E-state index contributed by atoms with van der Waals surface area (Å²) >= 11 is 0. The van der Waals surface area contributed by atoms with Crippen molar-refractivity contribution >= 4 is 10.1 Å². The molecule has 0 fully saturated rings. The van der Waals surface area contributed by atoms with Crippen LogP contribution in [0, 0.1) is 0 Å². The van der Waals surface area contributed by atoms with E-state index in [1.54, 1.807) is 0 Å². The number of hydrogen-bond acceptors (Lipinski definition) is 3. The second-order valence-electron chi connectivity index (χ2n) is 4.46. The van der Waals surface area contributed by atoms with E-state index < -0.39 is 22.0 Å². The molecule has 0 aliphatic carbocycles. The van der Waals surface area contributed by atoms with Crippen molar-refractivity contribution in [1.29, 1.82) is 0 Å². The van der Waals surface area contributed by atoms with E-state index in [-0.39, 0.29) is 6.04 Å². The van der Waals surface area contributed by atoms with Gasteiger partial charge in [0.05, 0.1) is 20.1 Å². The Morgan fingerprint density at radius 2 is 1.71 bits per heavy atom. The van der Waals surface area contributed by atoms with Gasteiger partial charge in [0.15, 0.2) is 0 Å². The number of nitrogens with zero attached hydrogens (tertiary/aromatic N) is 1. The summed E-state index contributed by atoms with van der Waals surface area (Å²) in [4.78, 5) is 0. The van der Waals surface area contributed by atoms with Gasteiger partial charge in [0.2, 0.25) is 0 Å². The third kappa shape index (κ3) is 5.54. The van der Waals surface area contributed by atoms with Gasteiger partial charge >= 0.3 is 0 Å². The number of rotatable bonds is 5.